The van der Waals surface area contributed by atoms with Gasteiger partial charge in [-0.1, -0.05) is 32.1 Å². The first-order valence-electron chi connectivity index (χ1n) is 4.26. The van der Waals surface area contributed by atoms with Gasteiger partial charge in [-0.15, -0.1) is 11.6 Å². The van der Waals surface area contributed by atoms with Crippen molar-refractivity contribution in [3.05, 3.63) is 6.92 Å². The van der Waals surface area contributed by atoms with E-state index >= 15 is 0 Å². The Morgan fingerprint density at radius 1 is 1.30 bits per heavy atom. The average Bonchev–Trinajstić information content (AvgIpc) is 1.88. The molecule has 59 valence electrons. The molecule has 1 aliphatic carbocycles. The monoisotopic (exact) mass is 159 g/mol. The average molecular weight is 160 g/mol. The smallest absolute Gasteiger partial charge is 0.0339 e. The predicted molar refractivity (Wildman–Crippen MR) is 46.2 cm³/mol. The molecule has 1 rings (SSSR count). The van der Waals surface area contributed by atoms with Crippen LogP contribution in [0.15, 0.2) is 0 Å². The molecule has 0 amide bonds. The molecule has 0 nitrogen and oxygen atoms in total. The van der Waals surface area contributed by atoms with Crippen LogP contribution in [0.2, 0.25) is 0 Å². The standard InChI is InChI=1S/C9H16Cl/c1-8(10)7-9-5-3-2-4-6-9/h8-9H,1-7H2. The lowest BCUT2D eigenvalue weighted by molar-refractivity contribution is 0.342. The number of hydrogen-bond acceptors (Lipinski definition) is 0. The van der Waals surface area contributed by atoms with Crippen molar-refractivity contribution in [2.75, 3.05) is 0 Å². The van der Waals surface area contributed by atoms with E-state index in [0.717, 1.165) is 12.3 Å². The van der Waals surface area contributed by atoms with Crippen molar-refractivity contribution in [2.45, 2.75) is 43.9 Å². The Hall–Kier alpha value is 0.290. The molecule has 0 saturated heterocycles. The molecular formula is C9H16Cl. The van der Waals surface area contributed by atoms with Gasteiger partial charge in [0.1, 0.15) is 0 Å². The Kier molecular flexibility index (Phi) is 3.55. The second-order valence-electron chi connectivity index (χ2n) is 3.34. The maximum Gasteiger partial charge on any atom is 0.0339 e. The summed E-state index contributed by atoms with van der Waals surface area (Å²) in [7, 11) is 0. The van der Waals surface area contributed by atoms with Crippen LogP contribution in [-0.4, -0.2) is 5.38 Å². The molecule has 1 radical (unpaired) electrons. The summed E-state index contributed by atoms with van der Waals surface area (Å²) in [6.45, 7) is 3.80. The molecule has 0 aromatic rings. The van der Waals surface area contributed by atoms with E-state index in [4.69, 9.17) is 11.6 Å². The lowest BCUT2D eigenvalue weighted by Crippen LogP contribution is -2.10. The molecule has 1 atom stereocenters. The third-order valence-corrected chi connectivity index (χ3v) is 2.49. The van der Waals surface area contributed by atoms with E-state index in [2.05, 4.69) is 6.92 Å². The topological polar surface area (TPSA) is 0 Å². The molecule has 0 aromatic carbocycles. The molecule has 1 unspecified atom stereocenters. The fourth-order valence-corrected chi connectivity index (χ4v) is 2.04. The van der Waals surface area contributed by atoms with Crippen LogP contribution in [0.4, 0.5) is 0 Å². The lowest BCUT2D eigenvalue weighted by Gasteiger charge is -2.21. The summed E-state index contributed by atoms with van der Waals surface area (Å²) in [5, 5.41) is 0.142. The SMILES string of the molecule is [CH2]C(Cl)CC1CCCCC1. The van der Waals surface area contributed by atoms with Crippen molar-refractivity contribution in [1.82, 2.24) is 0 Å². The quantitative estimate of drug-likeness (QED) is 0.542. The highest BCUT2D eigenvalue weighted by molar-refractivity contribution is 6.21. The van der Waals surface area contributed by atoms with Crippen molar-refractivity contribution in [1.29, 1.82) is 0 Å². The van der Waals surface area contributed by atoms with Crippen LogP contribution < -0.4 is 0 Å². The van der Waals surface area contributed by atoms with Gasteiger partial charge < -0.3 is 0 Å². The van der Waals surface area contributed by atoms with Gasteiger partial charge in [-0.2, -0.15) is 0 Å². The first-order chi connectivity index (χ1) is 4.79. The van der Waals surface area contributed by atoms with Crippen molar-refractivity contribution < 1.29 is 0 Å². The van der Waals surface area contributed by atoms with E-state index in [1.165, 1.54) is 32.1 Å². The normalized spacial score (nSPS) is 24.6. The molecule has 1 fully saturated rings. The van der Waals surface area contributed by atoms with Gasteiger partial charge in [0.25, 0.3) is 0 Å². The molecule has 0 N–H and O–H groups in total. The van der Waals surface area contributed by atoms with Crippen molar-refractivity contribution in [2.24, 2.45) is 5.92 Å². The van der Waals surface area contributed by atoms with E-state index in [0.29, 0.717) is 0 Å². The summed E-state index contributed by atoms with van der Waals surface area (Å²) in [6.07, 6.45) is 8.15. The molecule has 0 aromatic heterocycles. The molecule has 1 aliphatic rings. The molecule has 1 heteroatoms. The number of halogens is 1. The lowest BCUT2D eigenvalue weighted by atomic mass is 9.86. The molecule has 10 heavy (non-hydrogen) atoms. The number of rotatable bonds is 2. The van der Waals surface area contributed by atoms with E-state index in [9.17, 15) is 0 Å². The number of hydrogen-bond donors (Lipinski definition) is 0. The summed E-state index contributed by atoms with van der Waals surface area (Å²) in [4.78, 5) is 0. The van der Waals surface area contributed by atoms with Crippen molar-refractivity contribution >= 4 is 11.6 Å². The van der Waals surface area contributed by atoms with E-state index < -0.39 is 0 Å². The minimum Gasteiger partial charge on any atom is -0.123 e. The van der Waals surface area contributed by atoms with Gasteiger partial charge in [-0.25, -0.2) is 0 Å². The first kappa shape index (κ1) is 8.39. The predicted octanol–water partition coefficient (Wildman–Crippen LogP) is 3.40. The van der Waals surface area contributed by atoms with Gasteiger partial charge in [0.05, 0.1) is 0 Å². The van der Waals surface area contributed by atoms with Gasteiger partial charge in [-0.3, -0.25) is 0 Å². The molecule has 0 spiro atoms. The second kappa shape index (κ2) is 4.23. The van der Waals surface area contributed by atoms with Crippen molar-refractivity contribution in [3.63, 3.8) is 0 Å². The van der Waals surface area contributed by atoms with Gasteiger partial charge >= 0.3 is 0 Å². The summed E-state index contributed by atoms with van der Waals surface area (Å²) in [6, 6.07) is 0. The summed E-state index contributed by atoms with van der Waals surface area (Å²) >= 11 is 5.80. The maximum absolute atomic E-state index is 5.80. The van der Waals surface area contributed by atoms with Crippen LogP contribution in [0.3, 0.4) is 0 Å². The summed E-state index contributed by atoms with van der Waals surface area (Å²) in [5.74, 6) is 0.883. The zero-order valence-electron chi connectivity index (χ0n) is 6.48. The highest BCUT2D eigenvalue weighted by Gasteiger charge is 2.14. The molecule has 0 aliphatic heterocycles. The van der Waals surface area contributed by atoms with Crippen molar-refractivity contribution in [3.8, 4) is 0 Å². The third-order valence-electron chi connectivity index (χ3n) is 2.31. The van der Waals surface area contributed by atoms with Gasteiger partial charge in [0.2, 0.25) is 0 Å². The Labute approximate surface area is 69.0 Å². The van der Waals surface area contributed by atoms with E-state index in [1.54, 1.807) is 0 Å². The Bertz CT molecular complexity index is 82.7. The largest absolute Gasteiger partial charge is 0.123 e. The Morgan fingerprint density at radius 3 is 2.40 bits per heavy atom. The van der Waals surface area contributed by atoms with Crippen LogP contribution >= 0.6 is 11.6 Å². The molecular weight excluding hydrogens is 144 g/mol. The van der Waals surface area contributed by atoms with Crippen LogP contribution in [0, 0.1) is 12.8 Å². The minimum atomic E-state index is 0.142. The van der Waals surface area contributed by atoms with E-state index in [-0.39, 0.29) is 5.38 Å². The van der Waals surface area contributed by atoms with E-state index in [1.807, 2.05) is 0 Å². The third kappa shape index (κ3) is 2.92. The molecule has 0 bridgehead atoms. The zero-order valence-corrected chi connectivity index (χ0v) is 7.24. The van der Waals surface area contributed by atoms with Crippen LogP contribution in [0.25, 0.3) is 0 Å². The Balaban J connectivity index is 2.13. The van der Waals surface area contributed by atoms with Gasteiger partial charge in [-0.05, 0) is 19.3 Å². The Morgan fingerprint density at radius 2 is 1.90 bits per heavy atom. The highest BCUT2D eigenvalue weighted by atomic mass is 35.5. The fourth-order valence-electron chi connectivity index (χ4n) is 1.78. The molecule has 1 saturated carbocycles. The summed E-state index contributed by atoms with van der Waals surface area (Å²) < 4.78 is 0. The van der Waals surface area contributed by atoms with Crippen LogP contribution in [0.1, 0.15) is 38.5 Å². The summed E-state index contributed by atoms with van der Waals surface area (Å²) in [5.41, 5.74) is 0. The van der Waals surface area contributed by atoms with Gasteiger partial charge in [0, 0.05) is 5.38 Å². The highest BCUT2D eigenvalue weighted by Crippen LogP contribution is 2.28. The van der Waals surface area contributed by atoms with Gasteiger partial charge in [0.15, 0.2) is 0 Å². The number of alkyl halides is 1. The first-order valence-corrected chi connectivity index (χ1v) is 4.70. The molecule has 0 heterocycles. The zero-order chi connectivity index (χ0) is 7.40. The van der Waals surface area contributed by atoms with Crippen LogP contribution in [0.5, 0.6) is 0 Å². The van der Waals surface area contributed by atoms with Crippen LogP contribution in [-0.2, 0) is 0 Å². The second-order valence-corrected chi connectivity index (χ2v) is 3.95. The fraction of sp³-hybridized carbons (Fsp3) is 0.889. The minimum absolute atomic E-state index is 0.142. The maximum atomic E-state index is 5.80.